The van der Waals surface area contributed by atoms with E-state index in [1.165, 1.54) is 18.2 Å². The zero-order chi connectivity index (χ0) is 14.8. The van der Waals surface area contributed by atoms with E-state index in [0.29, 0.717) is 4.47 Å². The van der Waals surface area contributed by atoms with E-state index in [2.05, 4.69) is 20.7 Å². The van der Waals surface area contributed by atoms with Gasteiger partial charge in [0.2, 0.25) is 10.0 Å². The standard InChI is InChI=1S/C12H16BrNO4S/c1-12(2,3)7-19(17,18)14-8-4-5-10(13)9(6-8)11(15)16/h4-6,14H,7H2,1-3H3,(H,15,16). The van der Waals surface area contributed by atoms with Gasteiger partial charge in [-0.3, -0.25) is 4.72 Å². The lowest BCUT2D eigenvalue weighted by Crippen LogP contribution is -2.26. The molecule has 0 unspecified atom stereocenters. The number of carboxylic acid groups (broad SMARTS) is 1. The summed E-state index contributed by atoms with van der Waals surface area (Å²) in [5.74, 6) is -1.16. The number of halogens is 1. The second-order valence-electron chi connectivity index (χ2n) is 5.42. The average Bonchev–Trinajstić information content (AvgIpc) is 2.16. The highest BCUT2D eigenvalue weighted by molar-refractivity contribution is 9.10. The second-order valence-corrected chi connectivity index (χ2v) is 8.00. The smallest absolute Gasteiger partial charge is 0.336 e. The first kappa shape index (κ1) is 16.0. The van der Waals surface area contributed by atoms with Gasteiger partial charge in [-0.15, -0.1) is 0 Å². The fourth-order valence-corrected chi connectivity index (χ4v) is 3.65. The average molecular weight is 350 g/mol. The number of hydrogen-bond donors (Lipinski definition) is 2. The molecule has 0 aliphatic rings. The van der Waals surface area contributed by atoms with E-state index >= 15 is 0 Å². The third-order valence-corrected chi connectivity index (χ3v) is 4.58. The molecule has 0 amide bonds. The topological polar surface area (TPSA) is 83.5 Å². The van der Waals surface area contributed by atoms with Crippen molar-refractivity contribution in [2.45, 2.75) is 20.8 Å². The minimum atomic E-state index is -3.51. The zero-order valence-corrected chi connectivity index (χ0v) is 13.3. The van der Waals surface area contributed by atoms with Crippen molar-refractivity contribution in [1.82, 2.24) is 0 Å². The Labute approximate surface area is 121 Å². The molecule has 0 heterocycles. The van der Waals surface area contributed by atoms with Gasteiger partial charge in [0.05, 0.1) is 11.3 Å². The van der Waals surface area contributed by atoms with Crippen molar-refractivity contribution in [3.05, 3.63) is 28.2 Å². The van der Waals surface area contributed by atoms with Crippen molar-refractivity contribution in [3.63, 3.8) is 0 Å². The van der Waals surface area contributed by atoms with Gasteiger partial charge >= 0.3 is 5.97 Å². The van der Waals surface area contributed by atoms with Crippen LogP contribution in [0.4, 0.5) is 5.69 Å². The normalized spacial score (nSPS) is 12.2. The van der Waals surface area contributed by atoms with Crippen LogP contribution in [0.25, 0.3) is 0 Å². The molecule has 0 bridgehead atoms. The van der Waals surface area contributed by atoms with Gasteiger partial charge in [-0.25, -0.2) is 13.2 Å². The summed E-state index contributed by atoms with van der Waals surface area (Å²) >= 11 is 3.10. The van der Waals surface area contributed by atoms with Crippen LogP contribution in [-0.2, 0) is 10.0 Å². The fourth-order valence-electron chi connectivity index (χ4n) is 1.54. The highest BCUT2D eigenvalue weighted by atomic mass is 79.9. The lowest BCUT2D eigenvalue weighted by Gasteiger charge is -2.19. The molecular weight excluding hydrogens is 334 g/mol. The molecular formula is C12H16BrNO4S. The summed E-state index contributed by atoms with van der Waals surface area (Å²) in [7, 11) is -3.51. The highest BCUT2D eigenvalue weighted by Crippen LogP contribution is 2.23. The SMILES string of the molecule is CC(C)(C)CS(=O)(=O)Nc1ccc(Br)c(C(=O)O)c1. The Kier molecular flexibility index (Phi) is 4.63. The first-order valence-electron chi connectivity index (χ1n) is 5.53. The molecule has 0 aliphatic heterocycles. The lowest BCUT2D eigenvalue weighted by atomic mass is 10.0. The zero-order valence-electron chi connectivity index (χ0n) is 10.9. The first-order valence-corrected chi connectivity index (χ1v) is 7.98. The van der Waals surface area contributed by atoms with Crippen molar-refractivity contribution < 1.29 is 18.3 Å². The summed E-state index contributed by atoms with van der Waals surface area (Å²) in [6, 6.07) is 4.29. The molecule has 1 aromatic carbocycles. The van der Waals surface area contributed by atoms with Gasteiger partial charge in [0.25, 0.3) is 0 Å². The molecule has 19 heavy (non-hydrogen) atoms. The third kappa shape index (κ3) is 5.20. The number of hydrogen-bond acceptors (Lipinski definition) is 3. The molecule has 0 atom stereocenters. The van der Waals surface area contributed by atoms with Crippen LogP contribution >= 0.6 is 15.9 Å². The predicted molar refractivity (Wildman–Crippen MR) is 78.0 cm³/mol. The maximum absolute atomic E-state index is 11.9. The Morgan fingerprint density at radius 3 is 2.42 bits per heavy atom. The Morgan fingerprint density at radius 1 is 1.37 bits per heavy atom. The summed E-state index contributed by atoms with van der Waals surface area (Å²) in [5.41, 5.74) is -0.127. The molecule has 0 saturated heterocycles. The molecule has 1 rings (SSSR count). The molecule has 0 aromatic heterocycles. The van der Waals surface area contributed by atoms with Gasteiger partial charge in [0.15, 0.2) is 0 Å². The van der Waals surface area contributed by atoms with Crippen molar-refractivity contribution in [2.24, 2.45) is 5.41 Å². The number of benzene rings is 1. The van der Waals surface area contributed by atoms with Gasteiger partial charge in [0.1, 0.15) is 0 Å². The van der Waals surface area contributed by atoms with Gasteiger partial charge in [-0.05, 0) is 39.5 Å². The van der Waals surface area contributed by atoms with Crippen LogP contribution in [0.2, 0.25) is 0 Å². The molecule has 1 aromatic rings. The molecule has 2 N–H and O–H groups in total. The maximum Gasteiger partial charge on any atom is 0.336 e. The minimum absolute atomic E-state index is 0.0101. The number of sulfonamides is 1. The van der Waals surface area contributed by atoms with Crippen molar-refractivity contribution in [2.75, 3.05) is 10.5 Å². The molecule has 0 radical (unpaired) electrons. The Bertz CT molecular complexity index is 590. The summed E-state index contributed by atoms with van der Waals surface area (Å²) in [5, 5.41) is 8.97. The number of nitrogens with one attached hydrogen (secondary N) is 1. The lowest BCUT2D eigenvalue weighted by molar-refractivity contribution is 0.0696. The fraction of sp³-hybridized carbons (Fsp3) is 0.417. The number of anilines is 1. The van der Waals surface area contributed by atoms with Crippen LogP contribution in [0.1, 0.15) is 31.1 Å². The quantitative estimate of drug-likeness (QED) is 0.875. The molecule has 0 aliphatic carbocycles. The molecule has 7 heteroatoms. The number of carbonyl (C=O) groups is 1. The van der Waals surface area contributed by atoms with E-state index in [9.17, 15) is 13.2 Å². The summed E-state index contributed by atoms with van der Waals surface area (Å²) < 4.78 is 26.6. The van der Waals surface area contributed by atoms with Crippen LogP contribution in [0.3, 0.4) is 0 Å². The Hall–Kier alpha value is -1.08. The summed E-state index contributed by atoms with van der Waals surface area (Å²) in [6.07, 6.45) is 0. The minimum Gasteiger partial charge on any atom is -0.478 e. The number of aromatic carboxylic acids is 1. The van der Waals surface area contributed by atoms with E-state index in [-0.39, 0.29) is 22.4 Å². The van der Waals surface area contributed by atoms with E-state index in [1.54, 1.807) is 0 Å². The van der Waals surface area contributed by atoms with Crippen LogP contribution in [0.5, 0.6) is 0 Å². The molecule has 106 valence electrons. The maximum atomic E-state index is 11.9. The molecule has 0 saturated carbocycles. The van der Waals surface area contributed by atoms with Crippen molar-refractivity contribution in [3.8, 4) is 0 Å². The van der Waals surface area contributed by atoms with Crippen LogP contribution in [0, 0.1) is 5.41 Å². The Morgan fingerprint density at radius 2 is 1.95 bits per heavy atom. The summed E-state index contributed by atoms with van der Waals surface area (Å²) in [6.45, 7) is 5.45. The van der Waals surface area contributed by atoms with E-state index in [4.69, 9.17) is 5.11 Å². The molecule has 0 spiro atoms. The second kappa shape index (κ2) is 5.50. The third-order valence-electron chi connectivity index (χ3n) is 2.09. The van der Waals surface area contributed by atoms with Gasteiger partial charge in [-0.2, -0.15) is 0 Å². The van der Waals surface area contributed by atoms with Crippen LogP contribution in [0.15, 0.2) is 22.7 Å². The van der Waals surface area contributed by atoms with E-state index in [1.807, 2.05) is 20.8 Å². The van der Waals surface area contributed by atoms with E-state index in [0.717, 1.165) is 0 Å². The van der Waals surface area contributed by atoms with Gasteiger partial charge in [-0.1, -0.05) is 20.8 Å². The molecule has 5 nitrogen and oxygen atoms in total. The molecule has 0 fully saturated rings. The predicted octanol–water partition coefficient (Wildman–Crippen LogP) is 2.94. The monoisotopic (exact) mass is 349 g/mol. The summed E-state index contributed by atoms with van der Waals surface area (Å²) in [4.78, 5) is 11.0. The van der Waals surface area contributed by atoms with E-state index < -0.39 is 16.0 Å². The number of carboxylic acids is 1. The van der Waals surface area contributed by atoms with Gasteiger partial charge in [0, 0.05) is 10.2 Å². The van der Waals surface area contributed by atoms with Crippen LogP contribution < -0.4 is 4.72 Å². The van der Waals surface area contributed by atoms with Crippen molar-refractivity contribution in [1.29, 1.82) is 0 Å². The Balaban J connectivity index is 3.01. The van der Waals surface area contributed by atoms with Crippen LogP contribution in [-0.4, -0.2) is 25.2 Å². The highest BCUT2D eigenvalue weighted by Gasteiger charge is 2.22. The largest absolute Gasteiger partial charge is 0.478 e. The van der Waals surface area contributed by atoms with Gasteiger partial charge < -0.3 is 5.11 Å². The van der Waals surface area contributed by atoms with Crippen molar-refractivity contribution >= 4 is 37.6 Å². The first-order chi connectivity index (χ1) is 8.50. The number of rotatable bonds is 4.